The maximum absolute atomic E-state index is 12.7. The Morgan fingerprint density at radius 2 is 1.94 bits per heavy atom. The van der Waals surface area contributed by atoms with E-state index in [1.165, 1.54) is 35.9 Å². The lowest BCUT2D eigenvalue weighted by Gasteiger charge is -2.12. The molecule has 1 amide bonds. The Balaban J connectivity index is 1.85. The van der Waals surface area contributed by atoms with Crippen LogP contribution in [0, 0.1) is 0 Å². The molecule has 1 aliphatic rings. The van der Waals surface area contributed by atoms with E-state index in [2.05, 4.69) is 9.73 Å². The summed E-state index contributed by atoms with van der Waals surface area (Å²) in [5.74, 6) is -0.992. The van der Waals surface area contributed by atoms with Crippen LogP contribution >= 0.6 is 11.8 Å². The van der Waals surface area contributed by atoms with Crippen LogP contribution in [0.1, 0.15) is 22.8 Å². The van der Waals surface area contributed by atoms with E-state index >= 15 is 0 Å². The van der Waals surface area contributed by atoms with E-state index in [9.17, 15) is 14.4 Å². The SMILES string of the molecule is CCOc1cc(C=C2SC(=Nc3cccc(C(=O)O)c3)N(C)C2=O)ccc1OCC(=O)OC. The average molecular weight is 471 g/mol. The first-order valence-corrected chi connectivity index (χ1v) is 10.7. The van der Waals surface area contributed by atoms with Crippen LogP contribution in [0.2, 0.25) is 0 Å². The predicted molar refractivity (Wildman–Crippen MR) is 124 cm³/mol. The van der Waals surface area contributed by atoms with Crippen LogP contribution in [-0.2, 0) is 14.3 Å². The number of carbonyl (C=O) groups is 3. The van der Waals surface area contributed by atoms with Gasteiger partial charge in [0.25, 0.3) is 5.91 Å². The molecule has 1 aliphatic heterocycles. The molecule has 3 rings (SSSR count). The number of benzene rings is 2. The Kier molecular flexibility index (Phi) is 7.73. The molecule has 9 nitrogen and oxygen atoms in total. The summed E-state index contributed by atoms with van der Waals surface area (Å²) in [5, 5.41) is 9.58. The lowest BCUT2D eigenvalue weighted by atomic mass is 10.2. The van der Waals surface area contributed by atoms with Crippen molar-refractivity contribution in [2.45, 2.75) is 6.92 Å². The first-order valence-electron chi connectivity index (χ1n) is 9.88. The lowest BCUT2D eigenvalue weighted by Crippen LogP contribution is -2.23. The molecule has 33 heavy (non-hydrogen) atoms. The predicted octanol–water partition coefficient (Wildman–Crippen LogP) is 3.57. The maximum atomic E-state index is 12.7. The van der Waals surface area contributed by atoms with E-state index in [0.717, 1.165) is 0 Å². The van der Waals surface area contributed by atoms with Crippen molar-refractivity contribution in [3.63, 3.8) is 0 Å². The molecule has 1 saturated heterocycles. The first-order chi connectivity index (χ1) is 15.8. The Labute approximate surface area is 194 Å². The highest BCUT2D eigenvalue weighted by Gasteiger charge is 2.30. The number of aromatic carboxylic acids is 1. The van der Waals surface area contributed by atoms with Gasteiger partial charge in [0, 0.05) is 7.05 Å². The van der Waals surface area contributed by atoms with Crippen LogP contribution < -0.4 is 9.47 Å². The molecule has 2 aromatic rings. The van der Waals surface area contributed by atoms with Gasteiger partial charge >= 0.3 is 11.9 Å². The van der Waals surface area contributed by atoms with E-state index in [1.54, 1.807) is 43.5 Å². The summed E-state index contributed by atoms with van der Waals surface area (Å²) in [5.41, 5.74) is 1.24. The molecule has 0 unspecified atom stereocenters. The van der Waals surface area contributed by atoms with Crippen LogP contribution in [0.3, 0.4) is 0 Å². The Morgan fingerprint density at radius 3 is 2.64 bits per heavy atom. The standard InChI is InChI=1S/C23H22N2O7S/c1-4-31-18-10-14(8-9-17(18)32-13-20(26)30-3)11-19-21(27)25(2)23(33-19)24-16-7-5-6-15(12-16)22(28)29/h5-12H,4,13H2,1-3H3,(H,28,29). The minimum absolute atomic E-state index is 0.113. The number of aliphatic imine (C=N–C) groups is 1. The number of nitrogens with zero attached hydrogens (tertiary/aromatic N) is 2. The molecule has 0 atom stereocenters. The van der Waals surface area contributed by atoms with Gasteiger partial charge in [0.15, 0.2) is 23.3 Å². The van der Waals surface area contributed by atoms with Crippen molar-refractivity contribution in [2.75, 3.05) is 27.4 Å². The van der Waals surface area contributed by atoms with Gasteiger partial charge in [-0.2, -0.15) is 0 Å². The topological polar surface area (TPSA) is 115 Å². The zero-order valence-corrected chi connectivity index (χ0v) is 19.0. The number of hydrogen-bond donors (Lipinski definition) is 1. The summed E-state index contributed by atoms with van der Waals surface area (Å²) >= 11 is 1.18. The quantitative estimate of drug-likeness (QED) is 0.460. The van der Waals surface area contributed by atoms with Crippen molar-refractivity contribution < 1.29 is 33.7 Å². The minimum atomic E-state index is -1.05. The van der Waals surface area contributed by atoms with E-state index in [1.807, 2.05) is 6.92 Å². The van der Waals surface area contributed by atoms with Crippen molar-refractivity contribution in [2.24, 2.45) is 4.99 Å². The third-order valence-corrected chi connectivity index (χ3v) is 5.52. The average Bonchev–Trinajstić information content (AvgIpc) is 3.06. The zero-order chi connectivity index (χ0) is 24.0. The monoisotopic (exact) mass is 470 g/mol. The van der Waals surface area contributed by atoms with Gasteiger partial charge in [0.05, 0.1) is 29.9 Å². The van der Waals surface area contributed by atoms with Crippen molar-refractivity contribution >= 4 is 46.5 Å². The highest BCUT2D eigenvalue weighted by atomic mass is 32.2. The Bertz CT molecular complexity index is 1140. The van der Waals surface area contributed by atoms with Crippen molar-refractivity contribution in [3.05, 3.63) is 58.5 Å². The number of amides is 1. The summed E-state index contributed by atoms with van der Waals surface area (Å²) in [4.78, 5) is 41.5. The number of thioether (sulfide) groups is 1. The number of carbonyl (C=O) groups excluding carboxylic acids is 2. The van der Waals surface area contributed by atoms with Gasteiger partial charge in [-0.05, 0) is 60.7 Å². The molecule has 0 saturated carbocycles. The summed E-state index contributed by atoms with van der Waals surface area (Å²) in [6, 6.07) is 11.3. The maximum Gasteiger partial charge on any atom is 0.343 e. The summed E-state index contributed by atoms with van der Waals surface area (Å²) in [6.45, 7) is 1.96. The highest BCUT2D eigenvalue weighted by molar-refractivity contribution is 8.18. The normalized spacial score (nSPS) is 15.7. The van der Waals surface area contributed by atoms with Crippen LogP contribution in [0.15, 0.2) is 52.4 Å². The van der Waals surface area contributed by atoms with Gasteiger partial charge < -0.3 is 19.3 Å². The number of methoxy groups -OCH3 is 1. The molecule has 172 valence electrons. The number of carboxylic acid groups (broad SMARTS) is 1. The van der Waals surface area contributed by atoms with Gasteiger partial charge in [-0.3, -0.25) is 9.69 Å². The molecule has 0 bridgehead atoms. The van der Waals surface area contributed by atoms with Crippen LogP contribution in [0.25, 0.3) is 6.08 Å². The second-order valence-corrected chi connectivity index (χ2v) is 7.74. The number of hydrogen-bond acceptors (Lipinski definition) is 8. The van der Waals surface area contributed by atoms with E-state index in [-0.39, 0.29) is 18.1 Å². The lowest BCUT2D eigenvalue weighted by molar-refractivity contribution is -0.142. The van der Waals surface area contributed by atoms with Crippen LogP contribution in [0.5, 0.6) is 11.5 Å². The molecule has 1 fully saturated rings. The first kappa shape index (κ1) is 23.9. The summed E-state index contributed by atoms with van der Waals surface area (Å²) in [6.07, 6.45) is 1.70. The van der Waals surface area contributed by atoms with Gasteiger partial charge in [-0.15, -0.1) is 0 Å². The summed E-state index contributed by atoms with van der Waals surface area (Å²) in [7, 11) is 2.88. The van der Waals surface area contributed by atoms with E-state index in [4.69, 9.17) is 14.6 Å². The number of ether oxygens (including phenoxy) is 3. The molecule has 0 aliphatic carbocycles. The third kappa shape index (κ3) is 5.92. The zero-order valence-electron chi connectivity index (χ0n) is 18.2. The van der Waals surface area contributed by atoms with Crippen molar-refractivity contribution in [3.8, 4) is 11.5 Å². The van der Waals surface area contributed by atoms with E-state index < -0.39 is 11.9 Å². The third-order valence-electron chi connectivity index (χ3n) is 4.46. The molecule has 0 spiro atoms. The minimum Gasteiger partial charge on any atom is -0.490 e. The van der Waals surface area contributed by atoms with Crippen LogP contribution in [-0.4, -0.2) is 60.4 Å². The van der Waals surface area contributed by atoms with Gasteiger partial charge in [0.2, 0.25) is 0 Å². The highest BCUT2D eigenvalue weighted by Crippen LogP contribution is 2.35. The van der Waals surface area contributed by atoms with Gasteiger partial charge in [-0.25, -0.2) is 14.6 Å². The van der Waals surface area contributed by atoms with Crippen molar-refractivity contribution in [1.29, 1.82) is 0 Å². The second kappa shape index (κ2) is 10.7. The fraction of sp³-hybridized carbons (Fsp3) is 0.217. The van der Waals surface area contributed by atoms with E-state index in [0.29, 0.717) is 39.4 Å². The smallest absolute Gasteiger partial charge is 0.343 e. The fourth-order valence-corrected chi connectivity index (χ4v) is 3.81. The van der Waals surface area contributed by atoms with Crippen LogP contribution in [0.4, 0.5) is 5.69 Å². The molecule has 1 N–H and O–H groups in total. The number of amidine groups is 1. The number of esters is 1. The second-order valence-electron chi connectivity index (χ2n) is 6.73. The molecule has 2 aromatic carbocycles. The molecule has 0 radical (unpaired) electrons. The number of carboxylic acids is 1. The number of likely N-dealkylation sites (N-methyl/N-ethyl adjacent to an activating group) is 1. The fourth-order valence-electron chi connectivity index (χ4n) is 2.82. The largest absolute Gasteiger partial charge is 0.490 e. The Morgan fingerprint density at radius 1 is 1.15 bits per heavy atom. The van der Waals surface area contributed by atoms with Crippen molar-refractivity contribution in [1.82, 2.24) is 4.90 Å². The number of rotatable bonds is 8. The molecule has 0 aromatic heterocycles. The molecule has 1 heterocycles. The van der Waals surface area contributed by atoms with Gasteiger partial charge in [0.1, 0.15) is 0 Å². The molecular weight excluding hydrogens is 448 g/mol. The molecule has 10 heteroatoms. The Hall–Kier alpha value is -3.79. The summed E-state index contributed by atoms with van der Waals surface area (Å²) < 4.78 is 15.6. The van der Waals surface area contributed by atoms with Gasteiger partial charge in [-0.1, -0.05) is 12.1 Å². The molecular formula is C23H22N2O7S.